The van der Waals surface area contributed by atoms with Crippen LogP contribution in [0.25, 0.3) is 0 Å². The number of aliphatic hydroxyl groups excluding tert-OH is 1. The van der Waals surface area contributed by atoms with Crippen LogP contribution in [0.5, 0.6) is 0 Å². The second-order valence-corrected chi connectivity index (χ2v) is 4.74. The van der Waals surface area contributed by atoms with Gasteiger partial charge in [0.15, 0.2) is 6.10 Å². The summed E-state index contributed by atoms with van der Waals surface area (Å²) in [5.41, 5.74) is 0. The quantitative estimate of drug-likeness (QED) is 0.439. The van der Waals surface area contributed by atoms with E-state index in [0.29, 0.717) is 0 Å². The van der Waals surface area contributed by atoms with Gasteiger partial charge in [0.1, 0.15) is 0 Å². The summed E-state index contributed by atoms with van der Waals surface area (Å²) >= 11 is 16.1. The molecule has 1 atom stereocenters. The summed E-state index contributed by atoms with van der Waals surface area (Å²) in [7, 11) is 0. The molecule has 70 valence electrons. The van der Waals surface area contributed by atoms with Crippen LogP contribution in [0.15, 0.2) is 0 Å². The molecule has 0 saturated carbocycles. The Morgan fingerprint density at radius 1 is 1.42 bits per heavy atom. The first-order valence-corrected chi connectivity index (χ1v) is 4.85. The van der Waals surface area contributed by atoms with E-state index in [-0.39, 0.29) is 0 Å². The van der Waals surface area contributed by atoms with Crippen LogP contribution in [0.2, 0.25) is 0 Å². The number of aliphatic hydroxyl groups is 1. The molecule has 0 heterocycles. The Morgan fingerprint density at radius 3 is 2.42 bits per heavy atom. The van der Waals surface area contributed by atoms with Crippen molar-refractivity contribution in [1.82, 2.24) is 0 Å². The number of alkyl halides is 3. The number of rotatable bonds is 2. The van der Waals surface area contributed by atoms with Crippen molar-refractivity contribution in [2.45, 2.75) is 36.1 Å². The van der Waals surface area contributed by atoms with Crippen LogP contribution in [0, 0.1) is 11.8 Å². The zero-order valence-corrected chi connectivity index (χ0v) is 9.05. The zero-order chi connectivity index (χ0) is 9.61. The maximum Gasteiger partial charge on any atom is 0.227 e. The first kappa shape index (κ1) is 12.4. The van der Waals surface area contributed by atoms with E-state index in [4.69, 9.17) is 39.9 Å². The average Bonchev–Trinajstić information content (AvgIpc) is 1.96. The molecule has 0 radical (unpaired) electrons. The normalized spacial score (nSPS) is 13.4. The summed E-state index contributed by atoms with van der Waals surface area (Å²) in [4.78, 5) is 0. The Balaban J connectivity index is 3.79. The maximum absolute atomic E-state index is 9.12. The molecule has 4 heteroatoms. The van der Waals surface area contributed by atoms with Crippen molar-refractivity contribution >= 4 is 34.8 Å². The molecular weight excluding hydrogens is 218 g/mol. The van der Waals surface area contributed by atoms with Gasteiger partial charge in [-0.15, -0.1) is 5.92 Å². The molecule has 1 unspecified atom stereocenters. The van der Waals surface area contributed by atoms with Crippen molar-refractivity contribution in [3.05, 3.63) is 0 Å². The highest BCUT2D eigenvalue weighted by molar-refractivity contribution is 6.68. The van der Waals surface area contributed by atoms with Crippen molar-refractivity contribution in [3.63, 3.8) is 0 Å². The first-order chi connectivity index (χ1) is 5.48. The van der Waals surface area contributed by atoms with Gasteiger partial charge in [-0.2, -0.15) is 0 Å². The molecule has 0 rings (SSSR count). The highest BCUT2D eigenvalue weighted by Gasteiger charge is 2.28. The average molecular weight is 230 g/mol. The molecule has 0 aliphatic heterocycles. The Kier molecular flexibility index (Phi) is 6.13. The van der Waals surface area contributed by atoms with Crippen LogP contribution < -0.4 is 0 Å². The lowest BCUT2D eigenvalue weighted by Gasteiger charge is -2.12. The third-order valence-electron chi connectivity index (χ3n) is 1.20. The molecule has 0 bridgehead atoms. The summed E-state index contributed by atoms with van der Waals surface area (Å²) in [6.07, 6.45) is 1.60. The summed E-state index contributed by atoms with van der Waals surface area (Å²) in [6, 6.07) is 0. The molecule has 1 N–H and O–H groups in total. The molecule has 0 aromatic rings. The van der Waals surface area contributed by atoms with Crippen LogP contribution in [-0.2, 0) is 0 Å². The molecule has 0 amide bonds. The fourth-order valence-electron chi connectivity index (χ4n) is 0.516. The van der Waals surface area contributed by atoms with Gasteiger partial charge in [0, 0.05) is 6.42 Å². The monoisotopic (exact) mass is 228 g/mol. The molecule has 0 spiro atoms. The standard InChI is InChI=1S/C8H11Cl3O/c1-2-3-4-5-6-7(12)8(9,10)11/h7,12H,2-4H2,1H3. The first-order valence-electron chi connectivity index (χ1n) is 3.71. The molecule has 0 fully saturated rings. The maximum atomic E-state index is 9.12. The lowest BCUT2D eigenvalue weighted by molar-refractivity contribution is 0.237. The smallest absolute Gasteiger partial charge is 0.227 e. The second-order valence-electron chi connectivity index (χ2n) is 2.37. The number of hydrogen-bond acceptors (Lipinski definition) is 1. The summed E-state index contributed by atoms with van der Waals surface area (Å²) in [6.45, 7) is 2.06. The topological polar surface area (TPSA) is 20.2 Å². The molecule has 0 aliphatic rings. The van der Waals surface area contributed by atoms with Gasteiger partial charge in [0.2, 0.25) is 3.79 Å². The van der Waals surface area contributed by atoms with Gasteiger partial charge in [0.25, 0.3) is 0 Å². The van der Waals surface area contributed by atoms with Crippen LogP contribution in [0.1, 0.15) is 26.2 Å². The largest absolute Gasteiger partial charge is 0.376 e. The van der Waals surface area contributed by atoms with E-state index in [1.54, 1.807) is 0 Å². The molecule has 0 aromatic heterocycles. The van der Waals surface area contributed by atoms with Gasteiger partial charge in [0.05, 0.1) is 0 Å². The highest BCUT2D eigenvalue weighted by Crippen LogP contribution is 2.29. The summed E-state index contributed by atoms with van der Waals surface area (Å²) in [5.74, 6) is 5.21. The molecule has 0 aromatic carbocycles. The van der Waals surface area contributed by atoms with Crippen LogP contribution >= 0.6 is 34.8 Å². The van der Waals surface area contributed by atoms with Gasteiger partial charge in [-0.1, -0.05) is 54.1 Å². The molecule has 12 heavy (non-hydrogen) atoms. The minimum absolute atomic E-state index is 0.730. The Bertz CT molecular complexity index is 175. The molecule has 0 saturated heterocycles. The van der Waals surface area contributed by atoms with Gasteiger partial charge in [-0.3, -0.25) is 0 Å². The van der Waals surface area contributed by atoms with Gasteiger partial charge < -0.3 is 5.11 Å². The lowest BCUT2D eigenvalue weighted by atomic mass is 10.2. The predicted octanol–water partition coefficient (Wildman–Crippen LogP) is 2.91. The van der Waals surface area contributed by atoms with E-state index in [0.717, 1.165) is 19.3 Å². The minimum atomic E-state index is -1.70. The molecule has 0 aliphatic carbocycles. The van der Waals surface area contributed by atoms with E-state index in [2.05, 4.69) is 18.8 Å². The number of halogens is 3. The van der Waals surface area contributed by atoms with Crippen molar-refractivity contribution in [2.24, 2.45) is 0 Å². The Morgan fingerprint density at radius 2 is 2.00 bits per heavy atom. The Hall–Kier alpha value is 0.390. The minimum Gasteiger partial charge on any atom is -0.376 e. The molecule has 1 nitrogen and oxygen atoms in total. The van der Waals surface area contributed by atoms with Crippen molar-refractivity contribution in [1.29, 1.82) is 0 Å². The number of hydrogen-bond donors (Lipinski definition) is 1. The predicted molar refractivity (Wildman–Crippen MR) is 53.6 cm³/mol. The third-order valence-corrected chi connectivity index (χ3v) is 1.82. The fourth-order valence-corrected chi connectivity index (χ4v) is 0.680. The SMILES string of the molecule is CCCCC#CC(O)C(Cl)(Cl)Cl. The third kappa shape index (κ3) is 5.97. The Labute approximate surface area is 88.0 Å². The van der Waals surface area contributed by atoms with Crippen molar-refractivity contribution < 1.29 is 5.11 Å². The zero-order valence-electron chi connectivity index (χ0n) is 6.78. The van der Waals surface area contributed by atoms with Crippen LogP contribution in [0.4, 0.5) is 0 Å². The van der Waals surface area contributed by atoms with Crippen molar-refractivity contribution in [2.75, 3.05) is 0 Å². The fraction of sp³-hybridized carbons (Fsp3) is 0.750. The van der Waals surface area contributed by atoms with Gasteiger partial charge >= 0.3 is 0 Å². The second kappa shape index (κ2) is 5.94. The van der Waals surface area contributed by atoms with Gasteiger partial charge in [-0.05, 0) is 6.42 Å². The van der Waals surface area contributed by atoms with E-state index in [9.17, 15) is 0 Å². The number of unbranched alkanes of at least 4 members (excludes halogenated alkanes) is 2. The van der Waals surface area contributed by atoms with Crippen LogP contribution in [0.3, 0.4) is 0 Å². The van der Waals surface area contributed by atoms with E-state index in [1.807, 2.05) is 0 Å². The van der Waals surface area contributed by atoms with E-state index in [1.165, 1.54) is 0 Å². The lowest BCUT2D eigenvalue weighted by Crippen LogP contribution is -2.22. The van der Waals surface area contributed by atoms with E-state index < -0.39 is 9.90 Å². The van der Waals surface area contributed by atoms with E-state index >= 15 is 0 Å². The highest BCUT2D eigenvalue weighted by atomic mass is 35.6. The van der Waals surface area contributed by atoms with Crippen molar-refractivity contribution in [3.8, 4) is 11.8 Å². The van der Waals surface area contributed by atoms with Crippen LogP contribution in [-0.4, -0.2) is 15.0 Å². The summed E-state index contributed by atoms with van der Waals surface area (Å²) in [5, 5.41) is 9.12. The molecular formula is C8H11Cl3O. The summed E-state index contributed by atoms with van der Waals surface area (Å²) < 4.78 is -1.70. The van der Waals surface area contributed by atoms with Gasteiger partial charge in [-0.25, -0.2) is 0 Å².